The van der Waals surface area contributed by atoms with Crippen LogP contribution in [0.5, 0.6) is 5.75 Å². The second kappa shape index (κ2) is 7.54. The minimum Gasteiger partial charge on any atom is -1.00 e. The highest BCUT2D eigenvalue weighted by atomic mass is 79.9. The summed E-state index contributed by atoms with van der Waals surface area (Å²) in [5.41, 5.74) is 2.17. The van der Waals surface area contributed by atoms with Gasteiger partial charge in [-0.05, 0) is 35.9 Å². The minimum absolute atomic E-state index is 0. The molecule has 0 fully saturated rings. The van der Waals surface area contributed by atoms with Crippen molar-refractivity contribution >= 4 is 12.2 Å². The van der Waals surface area contributed by atoms with Crippen molar-refractivity contribution < 1.29 is 26.7 Å². The molecular weight excluding hydrogens is 302 g/mol. The average molecular weight is 318 g/mol. The van der Waals surface area contributed by atoms with E-state index in [1.165, 1.54) is 0 Å². The van der Waals surface area contributed by atoms with Crippen LogP contribution in [0.3, 0.4) is 0 Å². The van der Waals surface area contributed by atoms with Crippen LogP contribution >= 0.6 is 0 Å². The number of hydrogen-bond acceptors (Lipinski definition) is 1. The molecule has 0 amide bonds. The van der Waals surface area contributed by atoms with Gasteiger partial charge in [-0.3, -0.25) is 0 Å². The molecule has 0 atom stereocenters. The zero-order valence-corrected chi connectivity index (χ0v) is 12.1. The van der Waals surface area contributed by atoms with Gasteiger partial charge in [0, 0.05) is 18.2 Å². The van der Waals surface area contributed by atoms with Gasteiger partial charge in [-0.2, -0.15) is 4.57 Å². The lowest BCUT2D eigenvalue weighted by Gasteiger charge is -1.97. The number of aromatic hydroxyl groups is 1. The number of halogens is 1. The molecule has 0 aliphatic carbocycles. The fourth-order valence-electron chi connectivity index (χ4n) is 1.71. The van der Waals surface area contributed by atoms with Gasteiger partial charge in [0.1, 0.15) is 5.75 Å². The van der Waals surface area contributed by atoms with Gasteiger partial charge < -0.3 is 22.1 Å². The third-order valence-corrected chi connectivity index (χ3v) is 2.64. The van der Waals surface area contributed by atoms with Gasteiger partial charge in [-0.1, -0.05) is 18.7 Å². The highest BCUT2D eigenvalue weighted by Gasteiger charge is 2.02. The molecule has 3 heteroatoms. The summed E-state index contributed by atoms with van der Waals surface area (Å²) in [5.74, 6) is 0.286. The molecule has 0 spiro atoms. The number of nitrogens with zero attached hydrogens (tertiary/aromatic N) is 1. The monoisotopic (exact) mass is 317 g/mol. The summed E-state index contributed by atoms with van der Waals surface area (Å²) in [6.07, 6.45) is 7.97. The maximum absolute atomic E-state index is 9.22. The second-order valence-corrected chi connectivity index (χ2v) is 3.99. The SMILES string of the molecule is C=CC[n+]1ccccc1C=Cc1ccc(O)cc1.[Br-]. The van der Waals surface area contributed by atoms with Crippen LogP contribution in [0.1, 0.15) is 11.3 Å². The number of benzene rings is 1. The Hall–Kier alpha value is -1.87. The van der Waals surface area contributed by atoms with Crippen molar-refractivity contribution in [2.45, 2.75) is 6.54 Å². The largest absolute Gasteiger partial charge is 1.00 e. The maximum Gasteiger partial charge on any atom is 0.205 e. The fraction of sp³-hybridized carbons (Fsp3) is 0.0625. The van der Waals surface area contributed by atoms with E-state index >= 15 is 0 Å². The first-order chi connectivity index (χ1) is 8.79. The van der Waals surface area contributed by atoms with Gasteiger partial charge in [-0.15, -0.1) is 0 Å². The number of pyridine rings is 1. The molecule has 0 saturated heterocycles. The van der Waals surface area contributed by atoms with Crippen molar-refractivity contribution in [1.29, 1.82) is 0 Å². The van der Waals surface area contributed by atoms with E-state index in [9.17, 15) is 5.11 Å². The molecule has 0 saturated carbocycles. The Kier molecular flexibility index (Phi) is 6.03. The van der Waals surface area contributed by atoms with E-state index in [4.69, 9.17) is 0 Å². The van der Waals surface area contributed by atoms with Crippen LogP contribution in [0.4, 0.5) is 0 Å². The van der Waals surface area contributed by atoms with Crippen LogP contribution in [0, 0.1) is 0 Å². The van der Waals surface area contributed by atoms with Crippen LogP contribution in [-0.2, 0) is 6.54 Å². The summed E-state index contributed by atoms with van der Waals surface area (Å²) in [4.78, 5) is 0. The van der Waals surface area contributed by atoms with Crippen LogP contribution in [0.2, 0.25) is 0 Å². The predicted molar refractivity (Wildman–Crippen MR) is 73.9 cm³/mol. The van der Waals surface area contributed by atoms with Crippen molar-refractivity contribution in [2.24, 2.45) is 0 Å². The van der Waals surface area contributed by atoms with Crippen LogP contribution in [0.15, 0.2) is 61.3 Å². The average Bonchev–Trinajstić information content (AvgIpc) is 2.40. The van der Waals surface area contributed by atoms with Gasteiger partial charge in [0.25, 0.3) is 0 Å². The Morgan fingerprint density at radius 1 is 1.05 bits per heavy atom. The molecule has 1 aromatic carbocycles. The molecule has 2 nitrogen and oxygen atoms in total. The van der Waals surface area contributed by atoms with E-state index in [0.717, 1.165) is 17.8 Å². The van der Waals surface area contributed by atoms with Crippen LogP contribution in [0.25, 0.3) is 12.2 Å². The van der Waals surface area contributed by atoms with Crippen molar-refractivity contribution in [3.8, 4) is 5.75 Å². The molecule has 0 aliphatic rings. The van der Waals surface area contributed by atoms with Gasteiger partial charge in [-0.25, -0.2) is 0 Å². The molecule has 1 heterocycles. The molecule has 19 heavy (non-hydrogen) atoms. The van der Waals surface area contributed by atoms with Crippen molar-refractivity contribution in [3.05, 3.63) is 72.6 Å². The number of phenolic OH excluding ortho intramolecular Hbond substituents is 1. The molecule has 0 unspecified atom stereocenters. The Morgan fingerprint density at radius 2 is 1.79 bits per heavy atom. The molecule has 0 bridgehead atoms. The molecule has 2 aromatic rings. The first-order valence-corrected chi connectivity index (χ1v) is 5.86. The summed E-state index contributed by atoms with van der Waals surface area (Å²) in [5, 5.41) is 9.22. The summed E-state index contributed by atoms with van der Waals surface area (Å²) >= 11 is 0. The third-order valence-electron chi connectivity index (χ3n) is 2.64. The summed E-state index contributed by atoms with van der Waals surface area (Å²) in [6.45, 7) is 4.54. The van der Waals surface area contributed by atoms with Gasteiger partial charge in [0.05, 0.1) is 0 Å². The smallest absolute Gasteiger partial charge is 0.205 e. The minimum atomic E-state index is 0. The lowest BCUT2D eigenvalue weighted by atomic mass is 10.2. The first kappa shape index (κ1) is 15.2. The van der Waals surface area contributed by atoms with Gasteiger partial charge in [0.15, 0.2) is 12.7 Å². The number of phenols is 1. The van der Waals surface area contributed by atoms with E-state index < -0.39 is 0 Å². The van der Waals surface area contributed by atoms with E-state index in [2.05, 4.69) is 23.3 Å². The lowest BCUT2D eigenvalue weighted by Crippen LogP contribution is -3.00. The summed E-state index contributed by atoms with van der Waals surface area (Å²) in [7, 11) is 0. The zero-order chi connectivity index (χ0) is 12.8. The second-order valence-electron chi connectivity index (χ2n) is 3.99. The van der Waals surface area contributed by atoms with E-state index in [1.54, 1.807) is 12.1 Å². The third kappa shape index (κ3) is 4.38. The quantitative estimate of drug-likeness (QED) is 0.625. The molecule has 0 radical (unpaired) electrons. The Bertz CT molecular complexity index is 561. The molecular formula is C16H16BrNO. The fourth-order valence-corrected chi connectivity index (χ4v) is 1.71. The highest BCUT2D eigenvalue weighted by Crippen LogP contribution is 2.11. The number of aromatic nitrogens is 1. The van der Waals surface area contributed by atoms with Gasteiger partial charge in [0.2, 0.25) is 5.69 Å². The van der Waals surface area contributed by atoms with E-state index in [-0.39, 0.29) is 22.7 Å². The van der Waals surface area contributed by atoms with Crippen molar-refractivity contribution in [3.63, 3.8) is 0 Å². The van der Waals surface area contributed by atoms with Crippen molar-refractivity contribution in [1.82, 2.24) is 0 Å². The molecule has 98 valence electrons. The first-order valence-electron chi connectivity index (χ1n) is 5.86. The Balaban J connectivity index is 0.00000180. The Labute approximate surface area is 124 Å². The predicted octanol–water partition coefficient (Wildman–Crippen LogP) is 0.0401. The lowest BCUT2D eigenvalue weighted by molar-refractivity contribution is -0.688. The topological polar surface area (TPSA) is 24.1 Å². The highest BCUT2D eigenvalue weighted by molar-refractivity contribution is 5.67. The van der Waals surface area contributed by atoms with Gasteiger partial charge >= 0.3 is 0 Å². The standard InChI is InChI=1S/C16H15NO.BrH/c1-2-12-17-13-4-3-5-15(17)9-6-14-7-10-16(18)11-8-14;/h2-11,13H,1,12H2;1H. The number of rotatable bonds is 4. The van der Waals surface area contributed by atoms with E-state index in [1.807, 2.05) is 42.6 Å². The van der Waals surface area contributed by atoms with Crippen molar-refractivity contribution in [2.75, 3.05) is 0 Å². The van der Waals surface area contributed by atoms with Crippen LogP contribution in [-0.4, -0.2) is 5.11 Å². The molecule has 1 N–H and O–H groups in total. The molecule has 0 aliphatic heterocycles. The Morgan fingerprint density at radius 3 is 2.47 bits per heavy atom. The summed E-state index contributed by atoms with van der Waals surface area (Å²) < 4.78 is 2.11. The number of allylic oxidation sites excluding steroid dienone is 1. The molecule has 2 rings (SSSR count). The normalized spacial score (nSPS) is 10.1. The summed E-state index contributed by atoms with van der Waals surface area (Å²) in [6, 6.07) is 13.2. The zero-order valence-electron chi connectivity index (χ0n) is 10.5. The van der Waals surface area contributed by atoms with Crippen LogP contribution < -0.4 is 21.5 Å². The number of hydrogen-bond donors (Lipinski definition) is 1. The van der Waals surface area contributed by atoms with E-state index in [0.29, 0.717) is 0 Å². The molecule has 1 aromatic heterocycles. The maximum atomic E-state index is 9.22.